The summed E-state index contributed by atoms with van der Waals surface area (Å²) >= 11 is 0. The van der Waals surface area contributed by atoms with Gasteiger partial charge in [-0.2, -0.15) is 0 Å². The Morgan fingerprint density at radius 1 is 1.56 bits per heavy atom. The molecule has 3 N–H and O–H groups in total. The summed E-state index contributed by atoms with van der Waals surface area (Å²) in [5.74, 6) is 5.43. The van der Waals surface area contributed by atoms with Gasteiger partial charge in [-0.05, 0) is 24.9 Å². The molecule has 0 bridgehead atoms. The molecule has 6 heteroatoms. The van der Waals surface area contributed by atoms with Crippen molar-refractivity contribution in [2.45, 2.75) is 32.4 Å². The number of hydrogen-bond acceptors (Lipinski definition) is 5. The zero-order valence-electron chi connectivity index (χ0n) is 10.4. The molecule has 0 amide bonds. The van der Waals surface area contributed by atoms with Gasteiger partial charge in [0.15, 0.2) is 0 Å². The number of nitrogens with zero attached hydrogens (tertiary/aromatic N) is 2. The molecule has 0 aromatic heterocycles. The van der Waals surface area contributed by atoms with Crippen LogP contribution in [0.25, 0.3) is 0 Å². The van der Waals surface area contributed by atoms with Gasteiger partial charge in [-0.25, -0.2) is 0 Å². The van der Waals surface area contributed by atoms with Crippen molar-refractivity contribution in [1.82, 2.24) is 4.90 Å². The van der Waals surface area contributed by atoms with Gasteiger partial charge < -0.3 is 5.43 Å². The molecule has 0 radical (unpaired) electrons. The lowest BCUT2D eigenvalue weighted by molar-refractivity contribution is -0.384. The van der Waals surface area contributed by atoms with Crippen LogP contribution in [0.15, 0.2) is 18.2 Å². The standard InChI is InChI=1S/C12H18N4O2/c1-2-15(10-6-7-10)8-9-4-3-5-11(16(17)18)12(9)14-13/h3-5,10,14H,2,6-8,13H2,1H3. The molecule has 2 rings (SSSR count). The Kier molecular flexibility index (Phi) is 3.78. The van der Waals surface area contributed by atoms with Gasteiger partial charge in [-0.3, -0.25) is 20.9 Å². The van der Waals surface area contributed by atoms with Crippen LogP contribution in [0, 0.1) is 10.1 Å². The minimum Gasteiger partial charge on any atom is -0.318 e. The first-order chi connectivity index (χ1) is 8.67. The molecule has 1 aliphatic carbocycles. The average Bonchev–Trinajstić information content (AvgIpc) is 3.19. The molecule has 0 saturated heterocycles. The number of nitro groups is 1. The first-order valence-electron chi connectivity index (χ1n) is 6.14. The molecule has 18 heavy (non-hydrogen) atoms. The number of nitrogen functional groups attached to an aromatic ring is 1. The molecule has 0 unspecified atom stereocenters. The summed E-state index contributed by atoms with van der Waals surface area (Å²) in [7, 11) is 0. The van der Waals surface area contributed by atoms with E-state index >= 15 is 0 Å². The summed E-state index contributed by atoms with van der Waals surface area (Å²) < 4.78 is 0. The van der Waals surface area contributed by atoms with Crippen molar-refractivity contribution < 1.29 is 4.92 Å². The summed E-state index contributed by atoms with van der Waals surface area (Å²) in [6, 6.07) is 5.67. The highest BCUT2D eigenvalue weighted by molar-refractivity contribution is 5.65. The highest BCUT2D eigenvalue weighted by atomic mass is 16.6. The van der Waals surface area contributed by atoms with E-state index in [9.17, 15) is 10.1 Å². The molecule has 98 valence electrons. The van der Waals surface area contributed by atoms with E-state index < -0.39 is 4.92 Å². The summed E-state index contributed by atoms with van der Waals surface area (Å²) in [6.45, 7) is 3.74. The van der Waals surface area contributed by atoms with Crippen LogP contribution in [0.3, 0.4) is 0 Å². The third-order valence-electron chi connectivity index (χ3n) is 3.31. The molecule has 1 aromatic carbocycles. The Hall–Kier alpha value is -1.66. The van der Waals surface area contributed by atoms with Crippen LogP contribution in [-0.2, 0) is 6.54 Å². The molecular formula is C12H18N4O2. The second-order valence-electron chi connectivity index (χ2n) is 4.51. The van der Waals surface area contributed by atoms with Crippen molar-refractivity contribution in [2.24, 2.45) is 5.84 Å². The minimum atomic E-state index is -0.411. The predicted molar refractivity (Wildman–Crippen MR) is 70.0 cm³/mol. The molecule has 0 spiro atoms. The van der Waals surface area contributed by atoms with Crippen molar-refractivity contribution in [3.05, 3.63) is 33.9 Å². The van der Waals surface area contributed by atoms with Crippen LogP contribution in [0.1, 0.15) is 25.3 Å². The highest BCUT2D eigenvalue weighted by Crippen LogP contribution is 2.32. The maximum atomic E-state index is 10.9. The van der Waals surface area contributed by atoms with E-state index in [4.69, 9.17) is 5.84 Å². The van der Waals surface area contributed by atoms with Crippen LogP contribution < -0.4 is 11.3 Å². The van der Waals surface area contributed by atoms with Gasteiger partial charge in [-0.1, -0.05) is 19.1 Å². The number of nitrogens with two attached hydrogens (primary N) is 1. The molecule has 0 heterocycles. The van der Waals surface area contributed by atoms with E-state index in [1.54, 1.807) is 6.07 Å². The first kappa shape index (κ1) is 12.8. The smallest absolute Gasteiger partial charge is 0.293 e. The fraction of sp³-hybridized carbons (Fsp3) is 0.500. The molecule has 6 nitrogen and oxygen atoms in total. The average molecular weight is 250 g/mol. The van der Waals surface area contributed by atoms with Crippen LogP contribution in [-0.4, -0.2) is 22.4 Å². The Balaban J connectivity index is 2.25. The molecule has 1 fully saturated rings. The zero-order valence-corrected chi connectivity index (χ0v) is 10.4. The van der Waals surface area contributed by atoms with Gasteiger partial charge in [-0.15, -0.1) is 0 Å². The Bertz CT molecular complexity index is 446. The largest absolute Gasteiger partial charge is 0.318 e. The van der Waals surface area contributed by atoms with Crippen LogP contribution in [0.4, 0.5) is 11.4 Å². The number of benzene rings is 1. The SMILES string of the molecule is CCN(Cc1cccc([N+](=O)[O-])c1NN)C1CC1. The number of hydrazine groups is 1. The summed E-state index contributed by atoms with van der Waals surface area (Å²) in [4.78, 5) is 12.8. The lowest BCUT2D eigenvalue weighted by atomic mass is 10.1. The molecule has 0 atom stereocenters. The fourth-order valence-electron chi connectivity index (χ4n) is 2.19. The summed E-state index contributed by atoms with van der Waals surface area (Å²) in [5, 5.41) is 10.9. The molecule has 1 saturated carbocycles. The third kappa shape index (κ3) is 2.60. The molecule has 0 aliphatic heterocycles. The molecule has 1 aromatic rings. The van der Waals surface area contributed by atoms with Gasteiger partial charge in [0.05, 0.1) is 4.92 Å². The maximum Gasteiger partial charge on any atom is 0.293 e. The van der Waals surface area contributed by atoms with Gasteiger partial charge in [0.25, 0.3) is 5.69 Å². The quantitative estimate of drug-likeness (QED) is 0.457. The van der Waals surface area contributed by atoms with Crippen molar-refractivity contribution in [2.75, 3.05) is 12.0 Å². The van der Waals surface area contributed by atoms with Gasteiger partial charge in [0, 0.05) is 18.7 Å². The van der Waals surface area contributed by atoms with Gasteiger partial charge in [0.1, 0.15) is 5.69 Å². The van der Waals surface area contributed by atoms with Crippen molar-refractivity contribution in [3.8, 4) is 0 Å². The zero-order chi connectivity index (χ0) is 13.1. The monoisotopic (exact) mass is 250 g/mol. The second-order valence-corrected chi connectivity index (χ2v) is 4.51. The van der Waals surface area contributed by atoms with Crippen molar-refractivity contribution in [3.63, 3.8) is 0 Å². The number of anilines is 1. The molecule has 1 aliphatic rings. The Morgan fingerprint density at radius 3 is 2.78 bits per heavy atom. The number of para-hydroxylation sites is 1. The number of rotatable bonds is 6. The van der Waals surface area contributed by atoms with E-state index in [2.05, 4.69) is 17.2 Å². The highest BCUT2D eigenvalue weighted by Gasteiger charge is 2.29. The number of nitrogens with one attached hydrogen (secondary N) is 1. The normalized spacial score (nSPS) is 14.8. The minimum absolute atomic E-state index is 0.0295. The molecular weight excluding hydrogens is 232 g/mol. The predicted octanol–water partition coefficient (Wildman–Crippen LogP) is 1.86. The third-order valence-corrected chi connectivity index (χ3v) is 3.31. The topological polar surface area (TPSA) is 84.4 Å². The number of hydrogen-bond donors (Lipinski definition) is 2. The Labute approximate surface area is 106 Å². The van der Waals surface area contributed by atoms with Crippen molar-refractivity contribution >= 4 is 11.4 Å². The van der Waals surface area contributed by atoms with E-state index in [-0.39, 0.29) is 5.69 Å². The summed E-state index contributed by atoms with van der Waals surface area (Å²) in [5.41, 5.74) is 3.79. The second kappa shape index (κ2) is 5.32. The van der Waals surface area contributed by atoms with Gasteiger partial charge >= 0.3 is 0 Å². The van der Waals surface area contributed by atoms with Gasteiger partial charge in [0.2, 0.25) is 0 Å². The van der Waals surface area contributed by atoms with E-state index in [0.29, 0.717) is 18.3 Å². The van der Waals surface area contributed by atoms with E-state index in [0.717, 1.165) is 12.1 Å². The lowest BCUT2D eigenvalue weighted by Crippen LogP contribution is -2.26. The van der Waals surface area contributed by atoms with Crippen LogP contribution in [0.2, 0.25) is 0 Å². The fourth-order valence-corrected chi connectivity index (χ4v) is 2.19. The Morgan fingerprint density at radius 2 is 2.28 bits per heavy atom. The van der Waals surface area contributed by atoms with Crippen LogP contribution >= 0.6 is 0 Å². The summed E-state index contributed by atoms with van der Waals surface area (Å²) in [6.07, 6.45) is 2.43. The lowest BCUT2D eigenvalue weighted by Gasteiger charge is -2.21. The number of nitro benzene ring substituents is 1. The maximum absolute atomic E-state index is 10.9. The van der Waals surface area contributed by atoms with E-state index in [1.165, 1.54) is 18.9 Å². The van der Waals surface area contributed by atoms with Crippen molar-refractivity contribution in [1.29, 1.82) is 0 Å². The van der Waals surface area contributed by atoms with E-state index in [1.807, 2.05) is 6.07 Å². The van der Waals surface area contributed by atoms with Crippen LogP contribution in [0.5, 0.6) is 0 Å². The first-order valence-corrected chi connectivity index (χ1v) is 6.14.